The van der Waals surface area contributed by atoms with Gasteiger partial charge in [-0.05, 0) is 25.1 Å². The molecule has 0 aliphatic carbocycles. The predicted molar refractivity (Wildman–Crippen MR) is 118 cm³/mol. The van der Waals surface area contributed by atoms with Crippen LogP contribution in [0.5, 0.6) is 0 Å². The Labute approximate surface area is 177 Å². The first-order valence-corrected chi connectivity index (χ1v) is 9.55. The van der Waals surface area contributed by atoms with E-state index < -0.39 is 17.4 Å². The van der Waals surface area contributed by atoms with Crippen LogP contribution in [0, 0.1) is 6.92 Å². The van der Waals surface area contributed by atoms with E-state index in [2.05, 4.69) is 20.0 Å². The quantitative estimate of drug-likeness (QED) is 0.494. The molecule has 2 aromatic heterocycles. The van der Waals surface area contributed by atoms with Gasteiger partial charge < -0.3 is 15.0 Å². The summed E-state index contributed by atoms with van der Waals surface area (Å²) >= 11 is 0. The summed E-state index contributed by atoms with van der Waals surface area (Å²) in [6, 6.07) is 18.1. The number of aromatic nitrogens is 2. The van der Waals surface area contributed by atoms with Gasteiger partial charge in [0.25, 0.3) is 11.5 Å². The van der Waals surface area contributed by atoms with Gasteiger partial charge in [-0.1, -0.05) is 48.0 Å². The Kier molecular flexibility index (Phi) is 5.32. The fraction of sp³-hybridized carbons (Fsp3) is 0.0833. The van der Waals surface area contributed by atoms with Crippen LogP contribution in [0.25, 0.3) is 22.2 Å². The minimum Gasteiger partial charge on any atom is -0.465 e. The van der Waals surface area contributed by atoms with Crippen molar-refractivity contribution in [1.82, 2.24) is 9.97 Å². The van der Waals surface area contributed by atoms with Crippen molar-refractivity contribution in [2.75, 3.05) is 12.4 Å². The number of para-hydroxylation sites is 1. The van der Waals surface area contributed by atoms with Gasteiger partial charge in [-0.15, -0.1) is 0 Å². The lowest BCUT2D eigenvalue weighted by Crippen LogP contribution is -2.21. The van der Waals surface area contributed by atoms with Crippen molar-refractivity contribution in [1.29, 1.82) is 0 Å². The number of hydrogen-bond acceptors (Lipinski definition) is 5. The number of nitrogens with zero attached hydrogens (tertiary/aromatic N) is 1. The molecule has 7 nitrogen and oxygen atoms in total. The number of carbonyl (C=O) groups is 2. The van der Waals surface area contributed by atoms with Gasteiger partial charge in [0.05, 0.1) is 29.4 Å². The van der Waals surface area contributed by atoms with Gasteiger partial charge in [-0.2, -0.15) is 0 Å². The van der Waals surface area contributed by atoms with Gasteiger partial charge in [-0.3, -0.25) is 9.59 Å². The smallest absolute Gasteiger partial charge is 0.339 e. The Morgan fingerprint density at radius 1 is 1.03 bits per heavy atom. The van der Waals surface area contributed by atoms with Crippen LogP contribution < -0.4 is 10.9 Å². The van der Waals surface area contributed by atoms with E-state index >= 15 is 0 Å². The largest absolute Gasteiger partial charge is 0.465 e. The number of esters is 1. The lowest BCUT2D eigenvalue weighted by molar-refractivity contribution is 0.0600. The summed E-state index contributed by atoms with van der Waals surface area (Å²) in [5, 5.41) is 3.26. The zero-order chi connectivity index (χ0) is 22.0. The van der Waals surface area contributed by atoms with E-state index in [1.807, 2.05) is 49.4 Å². The Morgan fingerprint density at radius 3 is 2.52 bits per heavy atom. The molecule has 2 heterocycles. The molecule has 4 aromatic rings. The number of benzene rings is 2. The van der Waals surface area contributed by atoms with Crippen LogP contribution in [-0.2, 0) is 4.74 Å². The van der Waals surface area contributed by atoms with Crippen LogP contribution >= 0.6 is 0 Å². The van der Waals surface area contributed by atoms with Crippen LogP contribution in [0.1, 0.15) is 26.3 Å². The van der Waals surface area contributed by atoms with Crippen LogP contribution in [0.15, 0.2) is 71.7 Å². The number of anilines is 1. The van der Waals surface area contributed by atoms with Gasteiger partial charge in [0.15, 0.2) is 0 Å². The first-order valence-electron chi connectivity index (χ1n) is 9.55. The third kappa shape index (κ3) is 4.06. The number of amides is 1. The molecule has 0 saturated carbocycles. The topological polar surface area (TPSA) is 101 Å². The molecular formula is C24H19N3O4. The number of pyridine rings is 2. The van der Waals surface area contributed by atoms with Gasteiger partial charge in [0.2, 0.25) is 0 Å². The SMILES string of the molecule is COC(=O)c1c[nH]c(=O)c(NC(=O)c2cc(-c3ccc(C)cc3)nc3ccccc23)c1. The van der Waals surface area contributed by atoms with Crippen molar-refractivity contribution in [3.8, 4) is 11.3 Å². The maximum absolute atomic E-state index is 13.2. The molecule has 31 heavy (non-hydrogen) atoms. The number of carbonyl (C=O) groups excluding carboxylic acids is 2. The molecule has 154 valence electrons. The number of ether oxygens (including phenoxy) is 1. The van der Waals surface area contributed by atoms with Crippen LogP contribution in [0.3, 0.4) is 0 Å². The van der Waals surface area contributed by atoms with E-state index in [4.69, 9.17) is 0 Å². The molecule has 2 N–H and O–H groups in total. The van der Waals surface area contributed by atoms with Crippen molar-refractivity contribution >= 4 is 28.5 Å². The minimum atomic E-state index is -0.622. The number of nitrogens with one attached hydrogen (secondary N) is 2. The van der Waals surface area contributed by atoms with Crippen LogP contribution in [0.2, 0.25) is 0 Å². The molecule has 0 unspecified atom stereocenters. The number of methoxy groups -OCH3 is 1. The number of H-pyrrole nitrogens is 1. The minimum absolute atomic E-state index is 0.0503. The second-order valence-electron chi connectivity index (χ2n) is 7.02. The predicted octanol–water partition coefficient (Wildman–Crippen LogP) is 3.94. The summed E-state index contributed by atoms with van der Waals surface area (Å²) < 4.78 is 4.67. The molecular weight excluding hydrogens is 394 g/mol. The average molecular weight is 413 g/mol. The molecule has 0 saturated heterocycles. The molecule has 0 bridgehead atoms. The Morgan fingerprint density at radius 2 is 1.77 bits per heavy atom. The normalized spacial score (nSPS) is 10.6. The van der Waals surface area contributed by atoms with Crippen molar-refractivity contribution < 1.29 is 14.3 Å². The molecule has 0 radical (unpaired) electrons. The Bertz CT molecular complexity index is 1360. The van der Waals surface area contributed by atoms with Gasteiger partial charge in [0, 0.05) is 17.1 Å². The fourth-order valence-corrected chi connectivity index (χ4v) is 3.24. The molecule has 4 rings (SSSR count). The van der Waals surface area contributed by atoms with E-state index in [9.17, 15) is 14.4 Å². The molecule has 7 heteroatoms. The Hall–Kier alpha value is -4.26. The number of fused-ring (bicyclic) bond motifs is 1. The average Bonchev–Trinajstić information content (AvgIpc) is 2.79. The molecule has 0 aliphatic rings. The first kappa shape index (κ1) is 20.0. The third-order valence-electron chi connectivity index (χ3n) is 4.88. The summed E-state index contributed by atoms with van der Waals surface area (Å²) in [5.74, 6) is -1.11. The molecule has 0 aliphatic heterocycles. The van der Waals surface area contributed by atoms with E-state index in [0.717, 1.165) is 11.1 Å². The summed E-state index contributed by atoms with van der Waals surface area (Å²) in [4.78, 5) is 44.2. The van der Waals surface area contributed by atoms with Crippen LogP contribution in [0.4, 0.5) is 5.69 Å². The monoisotopic (exact) mass is 413 g/mol. The molecule has 0 spiro atoms. The fourth-order valence-electron chi connectivity index (χ4n) is 3.24. The number of aryl methyl sites for hydroxylation is 1. The number of rotatable bonds is 4. The lowest BCUT2D eigenvalue weighted by atomic mass is 10.0. The second-order valence-corrected chi connectivity index (χ2v) is 7.02. The molecule has 1 amide bonds. The van der Waals surface area contributed by atoms with Gasteiger partial charge in [0.1, 0.15) is 5.69 Å². The standard InChI is InChI=1S/C24H19N3O4/c1-14-7-9-15(10-8-14)20-12-18(17-5-3-4-6-19(17)26-20)22(28)27-21-11-16(24(30)31-2)13-25-23(21)29/h3-13H,1-2H3,(H,25,29)(H,27,28). The van der Waals surface area contributed by atoms with Gasteiger partial charge >= 0.3 is 5.97 Å². The highest BCUT2D eigenvalue weighted by molar-refractivity contribution is 6.13. The number of aromatic amines is 1. The zero-order valence-corrected chi connectivity index (χ0v) is 16.9. The Balaban J connectivity index is 1.78. The van der Waals surface area contributed by atoms with E-state index in [0.29, 0.717) is 22.2 Å². The zero-order valence-electron chi connectivity index (χ0n) is 16.9. The van der Waals surface area contributed by atoms with E-state index in [-0.39, 0.29) is 11.3 Å². The summed E-state index contributed by atoms with van der Waals surface area (Å²) in [6.45, 7) is 2.00. The van der Waals surface area contributed by atoms with E-state index in [1.165, 1.54) is 19.4 Å². The highest BCUT2D eigenvalue weighted by Gasteiger charge is 2.17. The van der Waals surface area contributed by atoms with Crippen LogP contribution in [-0.4, -0.2) is 29.0 Å². The molecule has 0 fully saturated rings. The maximum atomic E-state index is 13.2. The highest BCUT2D eigenvalue weighted by Crippen LogP contribution is 2.25. The van der Waals surface area contributed by atoms with Crippen molar-refractivity contribution in [3.63, 3.8) is 0 Å². The third-order valence-corrected chi connectivity index (χ3v) is 4.88. The van der Waals surface area contributed by atoms with Crippen molar-refractivity contribution in [3.05, 3.63) is 93.9 Å². The lowest BCUT2D eigenvalue weighted by Gasteiger charge is -2.11. The maximum Gasteiger partial charge on any atom is 0.339 e. The molecule has 0 atom stereocenters. The van der Waals surface area contributed by atoms with E-state index in [1.54, 1.807) is 12.1 Å². The summed E-state index contributed by atoms with van der Waals surface area (Å²) in [6.07, 6.45) is 1.24. The second kappa shape index (κ2) is 8.23. The number of hydrogen-bond donors (Lipinski definition) is 2. The summed E-state index contributed by atoms with van der Waals surface area (Å²) in [5.41, 5.74) is 3.19. The molecule has 2 aromatic carbocycles. The highest BCUT2D eigenvalue weighted by atomic mass is 16.5. The van der Waals surface area contributed by atoms with Crippen molar-refractivity contribution in [2.24, 2.45) is 0 Å². The van der Waals surface area contributed by atoms with Gasteiger partial charge in [-0.25, -0.2) is 9.78 Å². The first-order chi connectivity index (χ1) is 15.0. The van der Waals surface area contributed by atoms with Crippen molar-refractivity contribution in [2.45, 2.75) is 6.92 Å². The summed E-state index contributed by atoms with van der Waals surface area (Å²) in [7, 11) is 1.24.